The van der Waals surface area contributed by atoms with Gasteiger partial charge in [-0.25, -0.2) is 4.39 Å². The van der Waals surface area contributed by atoms with Gasteiger partial charge in [0.05, 0.1) is 6.04 Å². The fourth-order valence-electron chi connectivity index (χ4n) is 2.49. The van der Waals surface area contributed by atoms with Gasteiger partial charge in [0.2, 0.25) is 0 Å². The van der Waals surface area contributed by atoms with Crippen LogP contribution in [0.1, 0.15) is 37.9 Å². The molecule has 0 saturated heterocycles. The van der Waals surface area contributed by atoms with Crippen molar-refractivity contribution in [2.24, 2.45) is 5.92 Å². The number of nitrogens with one attached hydrogen (secondary N) is 1. The summed E-state index contributed by atoms with van der Waals surface area (Å²) in [6, 6.07) is 14.1. The summed E-state index contributed by atoms with van der Waals surface area (Å²) in [4.78, 5) is 12.0. The average molecular weight is 329 g/mol. The lowest BCUT2D eigenvalue weighted by atomic mass is 10.00. The largest absolute Gasteiger partial charge is 0.481 e. The van der Waals surface area contributed by atoms with E-state index in [-0.39, 0.29) is 24.3 Å². The predicted molar refractivity (Wildman–Crippen MR) is 93.4 cm³/mol. The summed E-state index contributed by atoms with van der Waals surface area (Å²) in [7, 11) is 0. The van der Waals surface area contributed by atoms with E-state index in [1.54, 1.807) is 12.1 Å². The molecule has 0 saturated carbocycles. The number of hydrogen-bond donors (Lipinski definition) is 1. The molecule has 0 radical (unpaired) electrons. The predicted octanol–water partition coefficient (Wildman–Crippen LogP) is 4.28. The molecule has 128 valence electrons. The van der Waals surface area contributed by atoms with Crippen molar-refractivity contribution in [2.75, 3.05) is 6.61 Å². The van der Waals surface area contributed by atoms with Crippen LogP contribution in [0.15, 0.2) is 48.5 Å². The maximum absolute atomic E-state index is 13.4. The quantitative estimate of drug-likeness (QED) is 0.823. The summed E-state index contributed by atoms with van der Waals surface area (Å²) in [6.07, 6.45) is 1.04. The van der Waals surface area contributed by atoms with Crippen molar-refractivity contribution in [2.45, 2.75) is 33.2 Å². The van der Waals surface area contributed by atoms with E-state index in [0.717, 1.165) is 12.0 Å². The highest BCUT2D eigenvalue weighted by Gasteiger charge is 2.11. The van der Waals surface area contributed by atoms with Crippen LogP contribution in [-0.4, -0.2) is 12.5 Å². The number of para-hydroxylation sites is 1. The van der Waals surface area contributed by atoms with E-state index in [4.69, 9.17) is 4.74 Å². The SMILES string of the molecule is CC(C)Cc1ccc([C@H](C)NC(=O)COc2ccccc2F)cc1. The van der Waals surface area contributed by atoms with E-state index < -0.39 is 5.82 Å². The second kappa shape index (κ2) is 8.48. The van der Waals surface area contributed by atoms with Crippen molar-refractivity contribution >= 4 is 5.91 Å². The van der Waals surface area contributed by atoms with E-state index in [1.807, 2.05) is 19.1 Å². The Balaban J connectivity index is 1.86. The monoisotopic (exact) mass is 329 g/mol. The molecule has 1 atom stereocenters. The van der Waals surface area contributed by atoms with Gasteiger partial charge in [-0.2, -0.15) is 0 Å². The first kappa shape index (κ1) is 18.0. The number of hydrogen-bond acceptors (Lipinski definition) is 2. The van der Waals surface area contributed by atoms with E-state index in [9.17, 15) is 9.18 Å². The van der Waals surface area contributed by atoms with Crippen molar-refractivity contribution in [3.63, 3.8) is 0 Å². The highest BCUT2D eigenvalue weighted by molar-refractivity contribution is 5.78. The van der Waals surface area contributed by atoms with Crippen molar-refractivity contribution in [1.82, 2.24) is 5.32 Å². The zero-order valence-corrected chi connectivity index (χ0v) is 14.4. The maximum atomic E-state index is 13.4. The molecular weight excluding hydrogens is 305 g/mol. The molecule has 0 aliphatic heterocycles. The van der Waals surface area contributed by atoms with Gasteiger partial charge < -0.3 is 10.1 Å². The molecule has 3 nitrogen and oxygen atoms in total. The third-order valence-electron chi connectivity index (χ3n) is 3.70. The first-order chi connectivity index (χ1) is 11.5. The fraction of sp³-hybridized carbons (Fsp3) is 0.350. The zero-order valence-electron chi connectivity index (χ0n) is 14.4. The van der Waals surface area contributed by atoms with E-state index in [2.05, 4.69) is 31.3 Å². The molecule has 1 amide bonds. The van der Waals surface area contributed by atoms with Crippen LogP contribution in [0, 0.1) is 11.7 Å². The van der Waals surface area contributed by atoms with Gasteiger partial charge in [0.1, 0.15) is 0 Å². The Kier molecular flexibility index (Phi) is 6.36. The minimum absolute atomic E-state index is 0.0818. The molecule has 24 heavy (non-hydrogen) atoms. The topological polar surface area (TPSA) is 38.3 Å². The van der Waals surface area contributed by atoms with Crippen LogP contribution in [0.3, 0.4) is 0 Å². The zero-order chi connectivity index (χ0) is 17.5. The molecule has 2 rings (SSSR count). The second-order valence-corrected chi connectivity index (χ2v) is 6.35. The smallest absolute Gasteiger partial charge is 0.258 e. The van der Waals surface area contributed by atoms with Crippen LogP contribution >= 0.6 is 0 Å². The lowest BCUT2D eigenvalue weighted by Crippen LogP contribution is -2.31. The first-order valence-electron chi connectivity index (χ1n) is 8.21. The molecule has 1 N–H and O–H groups in total. The third kappa shape index (κ3) is 5.37. The summed E-state index contributed by atoms with van der Waals surface area (Å²) in [5, 5.41) is 2.86. The molecule has 0 spiro atoms. The highest BCUT2D eigenvalue weighted by atomic mass is 19.1. The molecule has 0 fully saturated rings. The summed E-state index contributed by atoms with van der Waals surface area (Å²) < 4.78 is 18.7. The van der Waals surface area contributed by atoms with Crippen LogP contribution < -0.4 is 10.1 Å². The van der Waals surface area contributed by atoms with Gasteiger partial charge in [-0.15, -0.1) is 0 Å². The fourth-order valence-corrected chi connectivity index (χ4v) is 2.49. The molecule has 0 aliphatic rings. The number of ether oxygens (including phenoxy) is 1. The molecule has 2 aromatic carbocycles. The van der Waals surface area contributed by atoms with Gasteiger partial charge in [-0.1, -0.05) is 50.2 Å². The summed E-state index contributed by atoms with van der Waals surface area (Å²) >= 11 is 0. The average Bonchev–Trinajstić information content (AvgIpc) is 2.54. The van der Waals surface area contributed by atoms with E-state index >= 15 is 0 Å². The van der Waals surface area contributed by atoms with E-state index in [0.29, 0.717) is 5.92 Å². The lowest BCUT2D eigenvalue weighted by molar-refractivity contribution is -0.123. The van der Waals surface area contributed by atoms with Crippen molar-refractivity contribution in [3.05, 3.63) is 65.5 Å². The normalized spacial score (nSPS) is 12.0. The van der Waals surface area contributed by atoms with Gasteiger partial charge >= 0.3 is 0 Å². The number of rotatable bonds is 7. The third-order valence-corrected chi connectivity index (χ3v) is 3.70. The summed E-state index contributed by atoms with van der Waals surface area (Å²) in [6.45, 7) is 6.08. The minimum Gasteiger partial charge on any atom is -0.481 e. The maximum Gasteiger partial charge on any atom is 0.258 e. The Morgan fingerprint density at radius 1 is 1.08 bits per heavy atom. The van der Waals surface area contributed by atoms with Gasteiger partial charge in [-0.3, -0.25) is 4.79 Å². The van der Waals surface area contributed by atoms with E-state index in [1.165, 1.54) is 17.7 Å². The molecule has 0 aliphatic carbocycles. The Bertz CT molecular complexity index is 668. The van der Waals surface area contributed by atoms with Crippen LogP contribution in [0.25, 0.3) is 0 Å². The highest BCUT2D eigenvalue weighted by Crippen LogP contribution is 2.17. The minimum atomic E-state index is -0.473. The number of benzene rings is 2. The van der Waals surface area contributed by atoms with Crippen molar-refractivity contribution in [1.29, 1.82) is 0 Å². The Morgan fingerprint density at radius 2 is 1.75 bits per heavy atom. The Hall–Kier alpha value is -2.36. The Labute approximate surface area is 142 Å². The number of halogens is 1. The van der Waals surface area contributed by atoms with Crippen LogP contribution in [0.2, 0.25) is 0 Å². The Morgan fingerprint density at radius 3 is 2.38 bits per heavy atom. The van der Waals surface area contributed by atoms with Gasteiger partial charge in [0.25, 0.3) is 5.91 Å². The number of carbonyl (C=O) groups excluding carboxylic acids is 1. The van der Waals surface area contributed by atoms with Crippen LogP contribution in [-0.2, 0) is 11.2 Å². The standard InChI is InChI=1S/C20H24FNO2/c1-14(2)12-16-8-10-17(11-9-16)15(3)22-20(23)13-24-19-7-5-4-6-18(19)21/h4-11,14-15H,12-13H2,1-3H3,(H,22,23)/t15-/m0/s1. The lowest BCUT2D eigenvalue weighted by Gasteiger charge is -2.15. The summed E-state index contributed by atoms with van der Waals surface area (Å²) in [5.41, 5.74) is 2.32. The second-order valence-electron chi connectivity index (χ2n) is 6.35. The van der Waals surface area contributed by atoms with Crippen molar-refractivity contribution in [3.8, 4) is 5.75 Å². The van der Waals surface area contributed by atoms with Gasteiger partial charge in [0.15, 0.2) is 18.2 Å². The summed E-state index contributed by atoms with van der Waals surface area (Å²) in [5.74, 6) is -0.0575. The molecule has 0 aromatic heterocycles. The number of carbonyl (C=O) groups is 1. The first-order valence-corrected chi connectivity index (χ1v) is 8.21. The van der Waals surface area contributed by atoms with Gasteiger partial charge in [-0.05, 0) is 42.5 Å². The molecule has 2 aromatic rings. The van der Waals surface area contributed by atoms with Crippen LogP contribution in [0.4, 0.5) is 4.39 Å². The van der Waals surface area contributed by atoms with Crippen LogP contribution in [0.5, 0.6) is 5.75 Å². The number of amides is 1. The van der Waals surface area contributed by atoms with Gasteiger partial charge in [0, 0.05) is 0 Å². The molecule has 0 heterocycles. The molecule has 0 bridgehead atoms. The molecule has 0 unspecified atom stereocenters. The molecular formula is C20H24FNO2. The van der Waals surface area contributed by atoms with Crippen molar-refractivity contribution < 1.29 is 13.9 Å². The molecule has 4 heteroatoms.